The summed E-state index contributed by atoms with van der Waals surface area (Å²) in [5, 5.41) is 20.7. The van der Waals surface area contributed by atoms with Crippen LogP contribution in [0, 0.1) is 17.0 Å². The van der Waals surface area contributed by atoms with Crippen LogP contribution in [0.15, 0.2) is 24.3 Å². The second-order valence-corrected chi connectivity index (χ2v) is 4.19. The monoisotopic (exact) mass is 236 g/mol. The molecule has 5 nitrogen and oxygen atoms in total. The highest BCUT2D eigenvalue weighted by Crippen LogP contribution is 2.36. The van der Waals surface area contributed by atoms with Gasteiger partial charge in [-0.05, 0) is 20.3 Å². The minimum atomic E-state index is -0.596. The van der Waals surface area contributed by atoms with Crippen LogP contribution in [0.5, 0.6) is 5.75 Å². The lowest BCUT2D eigenvalue weighted by Gasteiger charge is -2.14. The van der Waals surface area contributed by atoms with E-state index in [-0.39, 0.29) is 11.4 Å². The molecule has 92 valence electrons. The highest BCUT2D eigenvalue weighted by atomic mass is 16.6. The van der Waals surface area contributed by atoms with Gasteiger partial charge in [-0.3, -0.25) is 10.1 Å². The lowest BCUT2D eigenvalue weighted by atomic mass is 9.98. The summed E-state index contributed by atoms with van der Waals surface area (Å²) in [7, 11) is 0. The first-order chi connectivity index (χ1) is 7.84. The molecule has 0 aliphatic rings. The summed E-state index contributed by atoms with van der Waals surface area (Å²) in [6, 6.07) is 2.73. The molecule has 5 heteroatoms. The van der Waals surface area contributed by atoms with Gasteiger partial charge in [-0.25, -0.2) is 0 Å². The van der Waals surface area contributed by atoms with E-state index in [4.69, 9.17) is 5.73 Å². The van der Waals surface area contributed by atoms with Crippen molar-refractivity contribution in [2.45, 2.75) is 26.3 Å². The molecule has 0 amide bonds. The number of benzene rings is 1. The Morgan fingerprint density at radius 3 is 2.71 bits per heavy atom. The SMILES string of the molecule is C=C(C)C[C@H](N)c1ccc(C)c([N+](=O)[O-])c1O. The molecule has 0 bridgehead atoms. The number of nitro groups is 1. The van der Waals surface area contributed by atoms with Crippen molar-refractivity contribution in [1.29, 1.82) is 0 Å². The molecule has 0 fully saturated rings. The van der Waals surface area contributed by atoms with Crippen molar-refractivity contribution in [2.75, 3.05) is 0 Å². The van der Waals surface area contributed by atoms with E-state index in [1.165, 1.54) is 0 Å². The molecule has 0 aliphatic carbocycles. The maximum Gasteiger partial charge on any atom is 0.313 e. The molecule has 0 aromatic heterocycles. The van der Waals surface area contributed by atoms with Gasteiger partial charge in [-0.2, -0.15) is 0 Å². The van der Waals surface area contributed by atoms with Crippen molar-refractivity contribution in [1.82, 2.24) is 0 Å². The third-order valence-electron chi connectivity index (χ3n) is 2.53. The van der Waals surface area contributed by atoms with E-state index in [9.17, 15) is 15.2 Å². The van der Waals surface area contributed by atoms with Crippen molar-refractivity contribution < 1.29 is 10.0 Å². The summed E-state index contributed by atoms with van der Waals surface area (Å²) < 4.78 is 0. The molecule has 1 rings (SSSR count). The van der Waals surface area contributed by atoms with Gasteiger partial charge in [0.2, 0.25) is 0 Å². The Morgan fingerprint density at radius 1 is 1.65 bits per heavy atom. The molecule has 0 aliphatic heterocycles. The fourth-order valence-electron chi connectivity index (χ4n) is 1.71. The highest BCUT2D eigenvalue weighted by Gasteiger charge is 2.23. The standard InChI is InChI=1S/C12H16N2O3/c1-7(2)6-10(13)9-5-4-8(3)11(12(9)15)14(16)17/h4-5,10,15H,1,6,13H2,2-3H3/t10-/m0/s1. The lowest BCUT2D eigenvalue weighted by molar-refractivity contribution is -0.386. The summed E-state index contributed by atoms with van der Waals surface area (Å²) >= 11 is 0. The zero-order valence-corrected chi connectivity index (χ0v) is 9.93. The largest absolute Gasteiger partial charge is 0.502 e. The second kappa shape index (κ2) is 4.97. The number of rotatable bonds is 4. The summed E-state index contributed by atoms with van der Waals surface area (Å²) in [6.45, 7) is 7.12. The Hall–Kier alpha value is -1.88. The number of hydrogen-bond acceptors (Lipinski definition) is 4. The van der Waals surface area contributed by atoms with Gasteiger partial charge in [0, 0.05) is 17.2 Å². The molecule has 1 aromatic rings. The van der Waals surface area contributed by atoms with Gasteiger partial charge in [0.1, 0.15) is 0 Å². The van der Waals surface area contributed by atoms with E-state index in [1.54, 1.807) is 19.1 Å². The number of hydrogen-bond donors (Lipinski definition) is 2. The number of aromatic hydroxyl groups is 1. The Morgan fingerprint density at radius 2 is 2.24 bits per heavy atom. The summed E-state index contributed by atoms with van der Waals surface area (Å²) in [5.41, 5.74) is 7.25. The first-order valence-electron chi connectivity index (χ1n) is 5.21. The van der Waals surface area contributed by atoms with Gasteiger partial charge in [-0.15, -0.1) is 6.58 Å². The average molecular weight is 236 g/mol. The number of nitro benzene ring substituents is 1. The minimum Gasteiger partial charge on any atom is -0.502 e. The molecule has 0 radical (unpaired) electrons. The number of nitrogens with two attached hydrogens (primary N) is 1. The van der Waals surface area contributed by atoms with E-state index in [0.717, 1.165) is 5.57 Å². The molecular weight excluding hydrogens is 220 g/mol. The fourth-order valence-corrected chi connectivity index (χ4v) is 1.71. The van der Waals surface area contributed by atoms with Crippen LogP contribution in [-0.2, 0) is 0 Å². The van der Waals surface area contributed by atoms with E-state index < -0.39 is 11.0 Å². The van der Waals surface area contributed by atoms with Gasteiger partial charge in [0.05, 0.1) is 4.92 Å². The molecule has 17 heavy (non-hydrogen) atoms. The maximum atomic E-state index is 10.8. The lowest BCUT2D eigenvalue weighted by Crippen LogP contribution is -2.11. The quantitative estimate of drug-likeness (QED) is 0.477. The van der Waals surface area contributed by atoms with Crippen LogP contribution in [0.25, 0.3) is 0 Å². The third-order valence-corrected chi connectivity index (χ3v) is 2.53. The van der Waals surface area contributed by atoms with E-state index in [0.29, 0.717) is 17.5 Å². The highest BCUT2D eigenvalue weighted by molar-refractivity contribution is 5.56. The van der Waals surface area contributed by atoms with E-state index >= 15 is 0 Å². The van der Waals surface area contributed by atoms with Crippen LogP contribution in [0.2, 0.25) is 0 Å². The van der Waals surface area contributed by atoms with E-state index in [1.807, 2.05) is 6.92 Å². The Balaban J connectivity index is 3.23. The van der Waals surface area contributed by atoms with Gasteiger partial charge in [0.15, 0.2) is 5.75 Å². The molecule has 1 aromatic carbocycles. The fraction of sp³-hybridized carbons (Fsp3) is 0.333. The number of phenols is 1. The maximum absolute atomic E-state index is 10.8. The summed E-state index contributed by atoms with van der Waals surface area (Å²) in [4.78, 5) is 10.2. The minimum absolute atomic E-state index is 0.278. The summed E-state index contributed by atoms with van der Waals surface area (Å²) in [5.74, 6) is -0.344. The zero-order chi connectivity index (χ0) is 13.2. The van der Waals surface area contributed by atoms with Crippen molar-refractivity contribution in [3.63, 3.8) is 0 Å². The van der Waals surface area contributed by atoms with Crippen LogP contribution >= 0.6 is 0 Å². The molecule has 0 heterocycles. The smallest absolute Gasteiger partial charge is 0.313 e. The van der Waals surface area contributed by atoms with Gasteiger partial charge in [-0.1, -0.05) is 17.7 Å². The van der Waals surface area contributed by atoms with Gasteiger partial charge >= 0.3 is 5.69 Å². The van der Waals surface area contributed by atoms with Crippen molar-refractivity contribution in [3.8, 4) is 5.75 Å². The predicted octanol–water partition coefficient (Wildman–Crippen LogP) is 2.57. The third kappa shape index (κ3) is 2.82. The number of nitrogens with zero attached hydrogens (tertiary/aromatic N) is 1. The molecule has 0 saturated heterocycles. The Bertz CT molecular complexity index is 469. The number of phenolic OH excluding ortho intramolecular Hbond substituents is 1. The molecule has 1 atom stereocenters. The summed E-state index contributed by atoms with van der Waals surface area (Å²) in [6.07, 6.45) is 0.480. The topological polar surface area (TPSA) is 89.4 Å². The first kappa shape index (κ1) is 13.2. The van der Waals surface area contributed by atoms with E-state index in [2.05, 4.69) is 6.58 Å². The van der Waals surface area contributed by atoms with Crippen molar-refractivity contribution in [3.05, 3.63) is 45.5 Å². The average Bonchev–Trinajstić information content (AvgIpc) is 2.15. The zero-order valence-electron chi connectivity index (χ0n) is 9.93. The van der Waals surface area contributed by atoms with Gasteiger partial charge in [0.25, 0.3) is 0 Å². The first-order valence-corrected chi connectivity index (χ1v) is 5.21. The van der Waals surface area contributed by atoms with Crippen LogP contribution in [0.4, 0.5) is 5.69 Å². The molecular formula is C12H16N2O3. The van der Waals surface area contributed by atoms with Crippen LogP contribution in [-0.4, -0.2) is 10.0 Å². The molecule has 0 spiro atoms. The van der Waals surface area contributed by atoms with Crippen LogP contribution < -0.4 is 5.73 Å². The Kier molecular flexibility index (Phi) is 3.85. The normalized spacial score (nSPS) is 12.2. The second-order valence-electron chi connectivity index (χ2n) is 4.19. The van der Waals surface area contributed by atoms with Crippen LogP contribution in [0.3, 0.4) is 0 Å². The van der Waals surface area contributed by atoms with Crippen molar-refractivity contribution >= 4 is 5.69 Å². The van der Waals surface area contributed by atoms with Crippen LogP contribution in [0.1, 0.15) is 30.5 Å². The van der Waals surface area contributed by atoms with Crippen molar-refractivity contribution in [2.24, 2.45) is 5.73 Å². The van der Waals surface area contributed by atoms with Gasteiger partial charge < -0.3 is 10.8 Å². The molecule has 0 saturated carbocycles. The Labute approximate surface area is 99.7 Å². The molecule has 3 N–H and O–H groups in total. The molecule has 0 unspecified atom stereocenters. The predicted molar refractivity (Wildman–Crippen MR) is 65.9 cm³/mol. The number of aryl methyl sites for hydroxylation is 1.